The summed E-state index contributed by atoms with van der Waals surface area (Å²) in [4.78, 5) is 11.4. The molecule has 3 N–H and O–H groups in total. The van der Waals surface area contributed by atoms with Crippen LogP contribution in [0.15, 0.2) is 24.3 Å². The van der Waals surface area contributed by atoms with E-state index in [1.807, 2.05) is 0 Å². The number of hydrogen-bond donors (Lipinski definition) is 3. The van der Waals surface area contributed by atoms with Gasteiger partial charge in [0.1, 0.15) is 12.6 Å². The second-order valence-electron chi connectivity index (χ2n) is 4.06. The van der Waals surface area contributed by atoms with Crippen molar-refractivity contribution in [3.8, 4) is 0 Å². The fraction of sp³-hybridized carbons (Fsp3) is 0.417. The second-order valence-corrected chi connectivity index (χ2v) is 4.06. The standard InChI is InChI=1S/C12H15F3N2O2/c1-8(11(19)16-7-12(13,14)15)17-10-4-2-3-9(5-10)6-18/h2-5,8,17-18H,6-7H2,1H3,(H,16,19). The van der Waals surface area contributed by atoms with E-state index in [9.17, 15) is 18.0 Å². The first-order valence-corrected chi connectivity index (χ1v) is 5.62. The molecule has 7 heteroatoms. The Hall–Kier alpha value is -1.76. The van der Waals surface area contributed by atoms with E-state index in [1.165, 1.54) is 6.92 Å². The predicted molar refractivity (Wildman–Crippen MR) is 64.5 cm³/mol. The Morgan fingerprint density at radius 1 is 1.42 bits per heavy atom. The van der Waals surface area contributed by atoms with Crippen LogP contribution in [0.2, 0.25) is 0 Å². The zero-order chi connectivity index (χ0) is 14.5. The molecule has 0 aromatic heterocycles. The molecule has 106 valence electrons. The number of alkyl halides is 3. The third kappa shape index (κ3) is 5.60. The molecule has 0 radical (unpaired) electrons. The third-order valence-corrected chi connectivity index (χ3v) is 2.35. The van der Waals surface area contributed by atoms with Gasteiger partial charge in [-0.25, -0.2) is 0 Å². The Morgan fingerprint density at radius 2 is 2.11 bits per heavy atom. The lowest BCUT2D eigenvalue weighted by Crippen LogP contribution is -2.42. The van der Waals surface area contributed by atoms with Crippen LogP contribution in [0, 0.1) is 0 Å². The Balaban J connectivity index is 2.53. The van der Waals surface area contributed by atoms with E-state index in [1.54, 1.807) is 29.6 Å². The van der Waals surface area contributed by atoms with Gasteiger partial charge in [0.25, 0.3) is 0 Å². The summed E-state index contributed by atoms with van der Waals surface area (Å²) < 4.78 is 35.8. The molecule has 0 fully saturated rings. The lowest BCUT2D eigenvalue weighted by Gasteiger charge is -2.16. The molecule has 1 aromatic rings. The minimum atomic E-state index is -4.42. The van der Waals surface area contributed by atoms with Gasteiger partial charge in [-0.2, -0.15) is 13.2 Å². The molecule has 0 aliphatic heterocycles. The number of aliphatic hydroxyl groups excluding tert-OH is 1. The van der Waals surface area contributed by atoms with E-state index in [-0.39, 0.29) is 6.61 Å². The van der Waals surface area contributed by atoms with Gasteiger partial charge < -0.3 is 15.7 Å². The lowest BCUT2D eigenvalue weighted by atomic mass is 10.2. The molecule has 4 nitrogen and oxygen atoms in total. The fourth-order valence-corrected chi connectivity index (χ4v) is 1.42. The average molecular weight is 276 g/mol. The smallest absolute Gasteiger partial charge is 0.392 e. The van der Waals surface area contributed by atoms with E-state index >= 15 is 0 Å². The van der Waals surface area contributed by atoms with Crippen LogP contribution >= 0.6 is 0 Å². The van der Waals surface area contributed by atoms with E-state index in [0.717, 1.165) is 0 Å². The van der Waals surface area contributed by atoms with Crippen LogP contribution in [0.4, 0.5) is 18.9 Å². The van der Waals surface area contributed by atoms with Crippen molar-refractivity contribution >= 4 is 11.6 Å². The summed E-state index contributed by atoms with van der Waals surface area (Å²) in [6.07, 6.45) is -4.42. The normalized spacial score (nSPS) is 12.9. The zero-order valence-corrected chi connectivity index (χ0v) is 10.3. The van der Waals surface area contributed by atoms with Crippen molar-refractivity contribution in [2.45, 2.75) is 25.7 Å². The van der Waals surface area contributed by atoms with Crippen LogP contribution in [0.1, 0.15) is 12.5 Å². The topological polar surface area (TPSA) is 61.4 Å². The third-order valence-electron chi connectivity index (χ3n) is 2.35. The Labute approximate surface area is 108 Å². The molecule has 0 saturated heterocycles. The second kappa shape index (κ2) is 6.42. The molecule has 0 spiro atoms. The number of amides is 1. The maximum Gasteiger partial charge on any atom is 0.405 e. The molecule has 1 unspecified atom stereocenters. The summed E-state index contributed by atoms with van der Waals surface area (Å²) in [5.74, 6) is -0.744. The van der Waals surface area contributed by atoms with Crippen LogP contribution in [0.5, 0.6) is 0 Å². The molecule has 1 atom stereocenters. The molecular formula is C12H15F3N2O2. The average Bonchev–Trinajstić information content (AvgIpc) is 2.35. The van der Waals surface area contributed by atoms with Gasteiger partial charge >= 0.3 is 6.18 Å². The Kier molecular flexibility index (Phi) is 5.17. The molecule has 1 amide bonds. The minimum Gasteiger partial charge on any atom is -0.392 e. The summed E-state index contributed by atoms with van der Waals surface area (Å²) >= 11 is 0. The highest BCUT2D eigenvalue weighted by molar-refractivity contribution is 5.84. The number of halogens is 3. The number of carbonyl (C=O) groups excluding carboxylic acids is 1. The number of hydrogen-bond acceptors (Lipinski definition) is 3. The van der Waals surface area contributed by atoms with Crippen molar-refractivity contribution < 1.29 is 23.1 Å². The van der Waals surface area contributed by atoms with Gasteiger partial charge in [0.15, 0.2) is 0 Å². The Morgan fingerprint density at radius 3 is 2.68 bits per heavy atom. The molecule has 0 saturated carbocycles. The van der Waals surface area contributed by atoms with Crippen molar-refractivity contribution in [3.63, 3.8) is 0 Å². The zero-order valence-electron chi connectivity index (χ0n) is 10.3. The number of carbonyl (C=O) groups is 1. The molecule has 1 rings (SSSR count). The van der Waals surface area contributed by atoms with E-state index in [0.29, 0.717) is 11.3 Å². The number of nitrogens with one attached hydrogen (secondary N) is 2. The number of aliphatic hydroxyl groups is 1. The number of rotatable bonds is 5. The first kappa shape index (κ1) is 15.3. The quantitative estimate of drug-likeness (QED) is 0.766. The number of anilines is 1. The van der Waals surface area contributed by atoms with Crippen molar-refractivity contribution in [2.24, 2.45) is 0 Å². The molecule has 0 aliphatic rings. The molecular weight excluding hydrogens is 261 g/mol. The first-order valence-electron chi connectivity index (χ1n) is 5.62. The molecule has 0 bridgehead atoms. The predicted octanol–water partition coefficient (Wildman–Crippen LogP) is 1.66. The first-order chi connectivity index (χ1) is 8.81. The number of benzene rings is 1. The van der Waals surface area contributed by atoms with Gasteiger partial charge in [-0.05, 0) is 24.6 Å². The van der Waals surface area contributed by atoms with Gasteiger partial charge in [0.05, 0.1) is 6.61 Å². The van der Waals surface area contributed by atoms with Crippen LogP contribution in [-0.2, 0) is 11.4 Å². The lowest BCUT2D eigenvalue weighted by molar-refractivity contribution is -0.138. The largest absolute Gasteiger partial charge is 0.405 e. The molecule has 1 aromatic carbocycles. The summed E-state index contributed by atoms with van der Waals surface area (Å²) in [6, 6.07) is 5.84. The minimum absolute atomic E-state index is 0.149. The summed E-state index contributed by atoms with van der Waals surface area (Å²) in [5, 5.41) is 13.5. The van der Waals surface area contributed by atoms with Crippen molar-refractivity contribution in [2.75, 3.05) is 11.9 Å². The van der Waals surface area contributed by atoms with E-state index in [4.69, 9.17) is 5.11 Å². The van der Waals surface area contributed by atoms with Gasteiger partial charge in [-0.15, -0.1) is 0 Å². The Bertz CT molecular complexity index is 435. The van der Waals surface area contributed by atoms with Gasteiger partial charge in [-0.3, -0.25) is 4.79 Å². The van der Waals surface area contributed by atoms with Gasteiger partial charge in [0, 0.05) is 5.69 Å². The van der Waals surface area contributed by atoms with Crippen molar-refractivity contribution in [1.29, 1.82) is 0 Å². The maximum absolute atomic E-state index is 11.9. The van der Waals surface area contributed by atoms with Crippen LogP contribution in [-0.4, -0.2) is 29.8 Å². The highest BCUT2D eigenvalue weighted by atomic mass is 19.4. The van der Waals surface area contributed by atoms with Crippen LogP contribution in [0.25, 0.3) is 0 Å². The van der Waals surface area contributed by atoms with Crippen LogP contribution < -0.4 is 10.6 Å². The fourth-order valence-electron chi connectivity index (χ4n) is 1.42. The van der Waals surface area contributed by atoms with Crippen molar-refractivity contribution in [1.82, 2.24) is 5.32 Å². The van der Waals surface area contributed by atoms with E-state index < -0.39 is 24.7 Å². The summed E-state index contributed by atoms with van der Waals surface area (Å²) in [5.41, 5.74) is 1.20. The summed E-state index contributed by atoms with van der Waals surface area (Å²) in [7, 11) is 0. The van der Waals surface area contributed by atoms with Gasteiger partial charge in [0.2, 0.25) is 5.91 Å². The van der Waals surface area contributed by atoms with Crippen LogP contribution in [0.3, 0.4) is 0 Å². The SMILES string of the molecule is CC(Nc1cccc(CO)c1)C(=O)NCC(F)(F)F. The highest BCUT2D eigenvalue weighted by Crippen LogP contribution is 2.13. The highest BCUT2D eigenvalue weighted by Gasteiger charge is 2.28. The monoisotopic (exact) mass is 276 g/mol. The summed E-state index contributed by atoms with van der Waals surface area (Å²) in [6.45, 7) is -0.0456. The van der Waals surface area contributed by atoms with Crippen molar-refractivity contribution in [3.05, 3.63) is 29.8 Å². The molecule has 19 heavy (non-hydrogen) atoms. The maximum atomic E-state index is 11.9. The molecule has 0 heterocycles. The van der Waals surface area contributed by atoms with Gasteiger partial charge in [-0.1, -0.05) is 12.1 Å². The molecule has 0 aliphatic carbocycles. The van der Waals surface area contributed by atoms with E-state index in [2.05, 4.69) is 5.32 Å².